The van der Waals surface area contributed by atoms with Crippen molar-refractivity contribution < 1.29 is 0 Å². The van der Waals surface area contributed by atoms with E-state index in [2.05, 4.69) is 25.9 Å². The first-order valence-corrected chi connectivity index (χ1v) is 4.60. The molecule has 0 radical (unpaired) electrons. The molecule has 14 heavy (non-hydrogen) atoms. The van der Waals surface area contributed by atoms with Gasteiger partial charge in [-0.15, -0.1) is 0 Å². The Morgan fingerprint density at radius 1 is 0.857 bits per heavy atom. The molecule has 0 N–H and O–H groups in total. The molecule has 0 bridgehead atoms. The van der Waals surface area contributed by atoms with Gasteiger partial charge in [-0.1, -0.05) is 12.1 Å². The summed E-state index contributed by atoms with van der Waals surface area (Å²) in [6.45, 7) is 0. The first kappa shape index (κ1) is 13.4. The molecule has 4 heteroatoms. The molecule has 2 aromatic heterocycles. The fraction of sp³-hybridized carbons (Fsp3) is 0. The van der Waals surface area contributed by atoms with E-state index in [4.69, 9.17) is 0 Å². The van der Waals surface area contributed by atoms with Crippen molar-refractivity contribution in [1.82, 2.24) is 9.97 Å². The molecule has 0 aliphatic heterocycles. The van der Waals surface area contributed by atoms with Crippen molar-refractivity contribution in [3.05, 3.63) is 59.6 Å². The molecule has 0 amide bonds. The maximum atomic E-state index is 3.90. The molecular formula is C10H10BrLiN2. The van der Waals surface area contributed by atoms with E-state index in [0.29, 0.717) is 0 Å². The smallest absolute Gasteiger partial charge is 0.0267 e. The van der Waals surface area contributed by atoms with E-state index >= 15 is 0 Å². The second kappa shape index (κ2) is 8.95. The van der Waals surface area contributed by atoms with Crippen LogP contribution in [0.2, 0.25) is 0 Å². The van der Waals surface area contributed by atoms with Crippen LogP contribution < -0.4 is 0 Å². The van der Waals surface area contributed by atoms with Crippen molar-refractivity contribution >= 4 is 34.8 Å². The Morgan fingerprint density at radius 2 is 1.50 bits per heavy atom. The normalized spacial score (nSPS) is 7.79. The van der Waals surface area contributed by atoms with Crippen LogP contribution in [0.15, 0.2) is 59.6 Å². The standard InChI is InChI=1S/C5H4BrN.C5H5N.Li.H/c6-5-3-1-2-4-7-5;1-2-4-6-5-3-1;;/h1-4H;1-5H;;. The van der Waals surface area contributed by atoms with E-state index in [-0.39, 0.29) is 18.9 Å². The summed E-state index contributed by atoms with van der Waals surface area (Å²) < 4.78 is 0.884. The molecule has 0 unspecified atom stereocenters. The van der Waals surface area contributed by atoms with Crippen LogP contribution in [0.4, 0.5) is 0 Å². The topological polar surface area (TPSA) is 25.8 Å². The molecule has 0 aromatic carbocycles. The summed E-state index contributed by atoms with van der Waals surface area (Å²) in [5.74, 6) is 0. The Labute approximate surface area is 104 Å². The monoisotopic (exact) mass is 244 g/mol. The Kier molecular flexibility index (Phi) is 8.55. The zero-order chi connectivity index (χ0) is 9.36. The number of pyridine rings is 2. The predicted molar refractivity (Wildman–Crippen MR) is 63.3 cm³/mol. The minimum atomic E-state index is 0. The Balaban J connectivity index is 0.000000227. The van der Waals surface area contributed by atoms with Gasteiger partial charge in [0, 0.05) is 18.6 Å². The van der Waals surface area contributed by atoms with Crippen molar-refractivity contribution in [2.24, 2.45) is 0 Å². The summed E-state index contributed by atoms with van der Waals surface area (Å²) in [5.41, 5.74) is 0. The van der Waals surface area contributed by atoms with Gasteiger partial charge in [0.1, 0.15) is 4.60 Å². The van der Waals surface area contributed by atoms with Gasteiger partial charge in [0.25, 0.3) is 0 Å². The first-order valence-electron chi connectivity index (χ1n) is 3.81. The van der Waals surface area contributed by atoms with Crippen LogP contribution in [-0.4, -0.2) is 28.8 Å². The van der Waals surface area contributed by atoms with E-state index in [1.165, 1.54) is 0 Å². The maximum Gasteiger partial charge on any atom is 0.0267 e. The third kappa shape index (κ3) is 6.85. The first-order chi connectivity index (χ1) is 6.39. The Hall–Kier alpha value is -0.623. The van der Waals surface area contributed by atoms with E-state index < -0.39 is 0 Å². The summed E-state index contributed by atoms with van der Waals surface area (Å²) in [6.07, 6.45) is 5.24. The average molecular weight is 245 g/mol. The number of hydrogen-bond donors (Lipinski definition) is 0. The van der Waals surface area contributed by atoms with Crippen LogP contribution in [-0.2, 0) is 0 Å². The molecule has 2 aromatic rings. The summed E-state index contributed by atoms with van der Waals surface area (Å²) in [7, 11) is 0. The molecule has 0 saturated carbocycles. The number of aromatic nitrogens is 2. The molecule has 0 saturated heterocycles. The van der Waals surface area contributed by atoms with Gasteiger partial charge in [-0.25, -0.2) is 4.98 Å². The second-order valence-electron chi connectivity index (χ2n) is 2.18. The molecule has 0 atom stereocenters. The minimum absolute atomic E-state index is 0. The van der Waals surface area contributed by atoms with E-state index in [9.17, 15) is 0 Å². The van der Waals surface area contributed by atoms with Crippen LogP contribution in [0.5, 0.6) is 0 Å². The number of nitrogens with zero attached hydrogens (tertiary/aromatic N) is 2. The van der Waals surface area contributed by atoms with Gasteiger partial charge in [0.15, 0.2) is 0 Å². The molecule has 68 valence electrons. The molecule has 2 rings (SSSR count). The van der Waals surface area contributed by atoms with Crippen molar-refractivity contribution in [1.29, 1.82) is 0 Å². The third-order valence-electron chi connectivity index (χ3n) is 1.20. The van der Waals surface area contributed by atoms with Crippen molar-refractivity contribution in [2.45, 2.75) is 0 Å². The zero-order valence-electron chi connectivity index (χ0n) is 6.97. The van der Waals surface area contributed by atoms with Gasteiger partial charge >= 0.3 is 18.9 Å². The van der Waals surface area contributed by atoms with Crippen LogP contribution in [0.25, 0.3) is 0 Å². The minimum Gasteiger partial charge on any atom is -0.265 e. The van der Waals surface area contributed by atoms with Crippen LogP contribution in [0.1, 0.15) is 0 Å². The van der Waals surface area contributed by atoms with Gasteiger partial charge in [-0.2, -0.15) is 0 Å². The van der Waals surface area contributed by atoms with Gasteiger partial charge in [0.2, 0.25) is 0 Å². The molecule has 2 heterocycles. The number of hydrogen-bond acceptors (Lipinski definition) is 2. The second-order valence-corrected chi connectivity index (χ2v) is 2.99. The molecule has 0 aliphatic carbocycles. The summed E-state index contributed by atoms with van der Waals surface area (Å²) in [6, 6.07) is 11.4. The largest absolute Gasteiger partial charge is 0.265 e. The number of rotatable bonds is 0. The van der Waals surface area contributed by atoms with Crippen molar-refractivity contribution in [3.63, 3.8) is 0 Å². The molecule has 0 fully saturated rings. The fourth-order valence-electron chi connectivity index (χ4n) is 0.655. The van der Waals surface area contributed by atoms with Crippen LogP contribution in [0, 0.1) is 0 Å². The van der Waals surface area contributed by atoms with Crippen molar-refractivity contribution in [3.8, 4) is 0 Å². The summed E-state index contributed by atoms with van der Waals surface area (Å²) >= 11 is 3.20. The van der Waals surface area contributed by atoms with E-state index in [0.717, 1.165) is 4.60 Å². The van der Waals surface area contributed by atoms with Gasteiger partial charge in [-0.05, 0) is 40.2 Å². The summed E-state index contributed by atoms with van der Waals surface area (Å²) in [5, 5.41) is 0. The van der Waals surface area contributed by atoms with Gasteiger partial charge < -0.3 is 0 Å². The summed E-state index contributed by atoms with van der Waals surface area (Å²) in [4.78, 5) is 7.68. The average Bonchev–Trinajstić information content (AvgIpc) is 2.22. The molecule has 2 nitrogen and oxygen atoms in total. The quantitative estimate of drug-likeness (QED) is 0.525. The molecule has 0 spiro atoms. The number of halogens is 1. The van der Waals surface area contributed by atoms with Gasteiger partial charge in [0.05, 0.1) is 0 Å². The zero-order valence-corrected chi connectivity index (χ0v) is 8.55. The molecular weight excluding hydrogens is 235 g/mol. The Morgan fingerprint density at radius 3 is 1.71 bits per heavy atom. The Bertz CT molecular complexity index is 289. The van der Waals surface area contributed by atoms with Crippen molar-refractivity contribution in [2.75, 3.05) is 0 Å². The van der Waals surface area contributed by atoms with E-state index in [1.54, 1.807) is 18.6 Å². The molecule has 0 aliphatic rings. The SMILES string of the molecule is Brc1ccccn1.[LiH].c1ccncc1. The maximum absolute atomic E-state index is 3.90. The fourth-order valence-corrected chi connectivity index (χ4v) is 0.925. The third-order valence-corrected chi connectivity index (χ3v) is 1.66. The van der Waals surface area contributed by atoms with E-state index in [1.807, 2.05) is 36.4 Å². The predicted octanol–water partition coefficient (Wildman–Crippen LogP) is 2.28. The van der Waals surface area contributed by atoms with Gasteiger partial charge in [-0.3, -0.25) is 4.98 Å². The van der Waals surface area contributed by atoms with Crippen LogP contribution >= 0.6 is 15.9 Å². The van der Waals surface area contributed by atoms with Crippen LogP contribution in [0.3, 0.4) is 0 Å².